The minimum Gasteiger partial charge on any atom is -0.482 e. The number of amides is 1. The van der Waals surface area contributed by atoms with E-state index in [0.717, 1.165) is 0 Å². The van der Waals surface area contributed by atoms with Gasteiger partial charge in [-0.25, -0.2) is 13.1 Å². The van der Waals surface area contributed by atoms with E-state index >= 15 is 0 Å². The van der Waals surface area contributed by atoms with Crippen LogP contribution in [0.1, 0.15) is 13.3 Å². The highest BCUT2D eigenvalue weighted by Gasteiger charge is 2.16. The number of ether oxygens (including phenoxy) is 1. The second kappa shape index (κ2) is 9.61. The third-order valence-corrected chi connectivity index (χ3v) is 5.62. The Morgan fingerprint density at radius 2 is 1.81 bits per heavy atom. The summed E-state index contributed by atoms with van der Waals surface area (Å²) in [5, 5.41) is 3.40. The standard InChI is InChI=1S/C17H17Cl3N2O4S/c1-2-7-21-27(24,25)12-4-6-16(14(20)9-12)26-10-17(23)22-15-5-3-11(18)8-13(15)19/h3-6,8-9,21H,2,7,10H2,1H3,(H,22,23). The Kier molecular flexibility index (Phi) is 7.76. The number of carbonyl (C=O) groups is 1. The summed E-state index contributed by atoms with van der Waals surface area (Å²) in [6, 6.07) is 8.68. The van der Waals surface area contributed by atoms with Crippen LogP contribution < -0.4 is 14.8 Å². The molecule has 27 heavy (non-hydrogen) atoms. The second-order valence-corrected chi connectivity index (χ2v) is 8.47. The van der Waals surface area contributed by atoms with Crippen LogP contribution in [0.2, 0.25) is 15.1 Å². The maximum atomic E-state index is 12.1. The molecule has 0 bridgehead atoms. The first-order valence-corrected chi connectivity index (χ1v) is 10.5. The Labute approximate surface area is 172 Å². The molecule has 0 spiro atoms. The lowest BCUT2D eigenvalue weighted by atomic mass is 10.3. The van der Waals surface area contributed by atoms with Crippen LogP contribution in [-0.2, 0) is 14.8 Å². The van der Waals surface area contributed by atoms with Gasteiger partial charge < -0.3 is 10.1 Å². The Hall–Kier alpha value is -1.51. The molecule has 0 aliphatic rings. The molecule has 0 aliphatic carbocycles. The van der Waals surface area contributed by atoms with E-state index < -0.39 is 15.9 Å². The Morgan fingerprint density at radius 1 is 1.07 bits per heavy atom. The molecule has 2 rings (SSSR count). The first-order chi connectivity index (χ1) is 12.7. The van der Waals surface area contributed by atoms with Gasteiger partial charge in [0.2, 0.25) is 10.0 Å². The number of rotatable bonds is 8. The molecule has 0 saturated carbocycles. The minimum atomic E-state index is -3.64. The summed E-state index contributed by atoms with van der Waals surface area (Å²) in [4.78, 5) is 12.0. The zero-order valence-electron chi connectivity index (χ0n) is 14.3. The number of benzene rings is 2. The highest BCUT2D eigenvalue weighted by atomic mass is 35.5. The first-order valence-electron chi connectivity index (χ1n) is 7.90. The van der Waals surface area contributed by atoms with Gasteiger partial charge in [-0.2, -0.15) is 0 Å². The predicted molar refractivity (Wildman–Crippen MR) is 108 cm³/mol. The van der Waals surface area contributed by atoms with Crippen molar-refractivity contribution >= 4 is 56.4 Å². The Balaban J connectivity index is 2.00. The van der Waals surface area contributed by atoms with Gasteiger partial charge in [0.1, 0.15) is 5.75 Å². The van der Waals surface area contributed by atoms with Gasteiger partial charge in [-0.05, 0) is 42.8 Å². The molecule has 10 heteroatoms. The van der Waals surface area contributed by atoms with Crippen molar-refractivity contribution in [2.24, 2.45) is 0 Å². The van der Waals surface area contributed by atoms with E-state index in [0.29, 0.717) is 28.7 Å². The molecule has 2 N–H and O–H groups in total. The molecule has 0 aliphatic heterocycles. The molecule has 146 valence electrons. The van der Waals surface area contributed by atoms with Crippen molar-refractivity contribution < 1.29 is 17.9 Å². The highest BCUT2D eigenvalue weighted by molar-refractivity contribution is 7.89. The van der Waals surface area contributed by atoms with Crippen molar-refractivity contribution in [1.29, 1.82) is 0 Å². The fourth-order valence-corrected chi connectivity index (χ4v) is 3.92. The summed E-state index contributed by atoms with van der Waals surface area (Å²) in [6.45, 7) is 1.85. The Bertz CT molecular complexity index is 936. The molecule has 0 heterocycles. The average molecular weight is 452 g/mol. The SMILES string of the molecule is CCCNS(=O)(=O)c1ccc(OCC(=O)Nc2ccc(Cl)cc2Cl)c(Cl)c1. The molecular formula is C17H17Cl3N2O4S. The van der Waals surface area contributed by atoms with E-state index in [1.54, 1.807) is 12.1 Å². The van der Waals surface area contributed by atoms with Crippen molar-refractivity contribution in [3.05, 3.63) is 51.5 Å². The van der Waals surface area contributed by atoms with Crippen LogP contribution in [0, 0.1) is 0 Å². The zero-order chi connectivity index (χ0) is 20.0. The van der Waals surface area contributed by atoms with E-state index in [2.05, 4.69) is 10.0 Å². The number of sulfonamides is 1. The number of hydrogen-bond acceptors (Lipinski definition) is 4. The summed E-state index contributed by atoms with van der Waals surface area (Å²) < 4.78 is 32.0. The van der Waals surface area contributed by atoms with Gasteiger partial charge in [-0.3, -0.25) is 4.79 Å². The van der Waals surface area contributed by atoms with E-state index in [1.165, 1.54) is 24.3 Å². The maximum Gasteiger partial charge on any atom is 0.262 e. The van der Waals surface area contributed by atoms with E-state index in [-0.39, 0.29) is 22.3 Å². The van der Waals surface area contributed by atoms with E-state index in [1.807, 2.05) is 6.92 Å². The van der Waals surface area contributed by atoms with Gasteiger partial charge in [0.25, 0.3) is 5.91 Å². The lowest BCUT2D eigenvalue weighted by Gasteiger charge is -2.11. The lowest BCUT2D eigenvalue weighted by Crippen LogP contribution is -2.24. The van der Waals surface area contributed by atoms with Crippen LogP contribution in [0.4, 0.5) is 5.69 Å². The quantitative estimate of drug-likeness (QED) is 0.625. The predicted octanol–water partition coefficient (Wildman–Crippen LogP) is 4.35. The maximum absolute atomic E-state index is 12.1. The fraction of sp³-hybridized carbons (Fsp3) is 0.235. The molecule has 0 unspecified atom stereocenters. The second-order valence-electron chi connectivity index (χ2n) is 5.45. The first kappa shape index (κ1) is 21.8. The molecule has 6 nitrogen and oxygen atoms in total. The smallest absolute Gasteiger partial charge is 0.262 e. The molecule has 0 fully saturated rings. The molecule has 2 aromatic carbocycles. The summed E-state index contributed by atoms with van der Waals surface area (Å²) >= 11 is 17.9. The fourth-order valence-electron chi connectivity index (χ4n) is 2.01. The minimum absolute atomic E-state index is 0.0192. The number of halogens is 3. The molecular weight excluding hydrogens is 435 g/mol. The van der Waals surface area contributed by atoms with E-state index in [9.17, 15) is 13.2 Å². The zero-order valence-corrected chi connectivity index (χ0v) is 17.3. The topological polar surface area (TPSA) is 84.5 Å². The van der Waals surface area contributed by atoms with Gasteiger partial charge in [-0.15, -0.1) is 0 Å². The third kappa shape index (κ3) is 6.26. The monoisotopic (exact) mass is 450 g/mol. The van der Waals surface area contributed by atoms with Crippen molar-refractivity contribution in [3.63, 3.8) is 0 Å². The number of hydrogen-bond donors (Lipinski definition) is 2. The lowest BCUT2D eigenvalue weighted by molar-refractivity contribution is -0.118. The normalized spacial score (nSPS) is 11.3. The van der Waals surface area contributed by atoms with Crippen LogP contribution in [0.5, 0.6) is 5.75 Å². The van der Waals surface area contributed by atoms with Crippen LogP contribution in [0.15, 0.2) is 41.3 Å². The largest absolute Gasteiger partial charge is 0.482 e. The van der Waals surface area contributed by atoms with Gasteiger partial charge in [-0.1, -0.05) is 41.7 Å². The van der Waals surface area contributed by atoms with Crippen LogP contribution in [0.25, 0.3) is 0 Å². The summed E-state index contributed by atoms with van der Waals surface area (Å²) in [5.74, 6) is -0.278. The molecule has 0 atom stereocenters. The average Bonchev–Trinajstić information content (AvgIpc) is 2.61. The summed E-state index contributed by atoms with van der Waals surface area (Å²) in [7, 11) is -3.64. The number of carbonyl (C=O) groups excluding carboxylic acids is 1. The van der Waals surface area contributed by atoms with Crippen molar-refractivity contribution in [3.8, 4) is 5.75 Å². The van der Waals surface area contributed by atoms with Gasteiger partial charge in [0.05, 0.1) is 20.6 Å². The number of anilines is 1. The van der Waals surface area contributed by atoms with Gasteiger partial charge >= 0.3 is 0 Å². The summed E-state index contributed by atoms with van der Waals surface area (Å²) in [6.07, 6.45) is 0.668. The third-order valence-electron chi connectivity index (χ3n) is 3.32. The van der Waals surface area contributed by atoms with Crippen LogP contribution in [-0.4, -0.2) is 27.5 Å². The van der Waals surface area contributed by atoms with Gasteiger partial charge in [0, 0.05) is 11.6 Å². The summed E-state index contributed by atoms with van der Waals surface area (Å²) in [5.41, 5.74) is 0.393. The van der Waals surface area contributed by atoms with Crippen LogP contribution >= 0.6 is 34.8 Å². The van der Waals surface area contributed by atoms with Crippen molar-refractivity contribution in [2.75, 3.05) is 18.5 Å². The molecule has 0 saturated heterocycles. The number of nitrogens with one attached hydrogen (secondary N) is 2. The Morgan fingerprint density at radius 3 is 2.44 bits per heavy atom. The van der Waals surface area contributed by atoms with Crippen molar-refractivity contribution in [1.82, 2.24) is 4.72 Å². The van der Waals surface area contributed by atoms with Crippen molar-refractivity contribution in [2.45, 2.75) is 18.2 Å². The molecule has 2 aromatic rings. The van der Waals surface area contributed by atoms with Crippen LogP contribution in [0.3, 0.4) is 0 Å². The van der Waals surface area contributed by atoms with Gasteiger partial charge in [0.15, 0.2) is 6.61 Å². The molecule has 0 radical (unpaired) electrons. The molecule has 1 amide bonds. The molecule has 0 aromatic heterocycles. The highest BCUT2D eigenvalue weighted by Crippen LogP contribution is 2.28. The van der Waals surface area contributed by atoms with E-state index in [4.69, 9.17) is 39.5 Å².